The van der Waals surface area contributed by atoms with Gasteiger partial charge in [-0.2, -0.15) is 0 Å². The Bertz CT molecular complexity index is 698. The van der Waals surface area contributed by atoms with E-state index in [4.69, 9.17) is 9.47 Å². The molecule has 22 heavy (non-hydrogen) atoms. The second kappa shape index (κ2) is 6.90. The number of methoxy groups -OCH3 is 1. The number of rotatable bonds is 5. The quantitative estimate of drug-likeness (QED) is 0.817. The van der Waals surface area contributed by atoms with Crippen LogP contribution in [0.25, 0.3) is 0 Å². The summed E-state index contributed by atoms with van der Waals surface area (Å²) in [4.78, 5) is 27.6. The SMILES string of the molecule is COc1cccc(C(=O)OCC(=O)Nc2nc(C)cs2)c1O. The van der Waals surface area contributed by atoms with Gasteiger partial charge in [-0.15, -0.1) is 11.3 Å². The van der Waals surface area contributed by atoms with Crippen molar-refractivity contribution in [3.63, 3.8) is 0 Å². The van der Waals surface area contributed by atoms with Crippen molar-refractivity contribution in [1.29, 1.82) is 0 Å². The number of ether oxygens (including phenoxy) is 2. The van der Waals surface area contributed by atoms with Crippen LogP contribution in [0.5, 0.6) is 11.5 Å². The molecule has 1 aromatic heterocycles. The lowest BCUT2D eigenvalue weighted by atomic mass is 10.2. The Balaban J connectivity index is 1.94. The summed E-state index contributed by atoms with van der Waals surface area (Å²) in [6, 6.07) is 4.42. The van der Waals surface area contributed by atoms with Gasteiger partial charge in [-0.25, -0.2) is 9.78 Å². The number of amides is 1. The lowest BCUT2D eigenvalue weighted by Gasteiger charge is -2.08. The van der Waals surface area contributed by atoms with E-state index in [-0.39, 0.29) is 17.1 Å². The number of nitrogens with zero attached hydrogens (tertiary/aromatic N) is 1. The third-order valence-electron chi connectivity index (χ3n) is 2.64. The molecule has 0 radical (unpaired) electrons. The molecule has 7 nitrogen and oxygen atoms in total. The molecule has 0 saturated carbocycles. The molecule has 0 aliphatic rings. The molecule has 2 N–H and O–H groups in total. The zero-order valence-corrected chi connectivity index (χ0v) is 12.8. The van der Waals surface area contributed by atoms with Gasteiger partial charge in [0.05, 0.1) is 12.8 Å². The molecule has 1 amide bonds. The summed E-state index contributed by atoms with van der Waals surface area (Å²) in [6.45, 7) is 1.33. The number of benzene rings is 1. The molecule has 8 heteroatoms. The Hall–Kier alpha value is -2.61. The Labute approximate surface area is 130 Å². The van der Waals surface area contributed by atoms with Crippen molar-refractivity contribution < 1.29 is 24.2 Å². The normalized spacial score (nSPS) is 10.1. The number of aryl methyl sites for hydroxylation is 1. The van der Waals surface area contributed by atoms with Crippen LogP contribution in [-0.4, -0.2) is 35.7 Å². The number of hydrogen-bond donors (Lipinski definition) is 2. The summed E-state index contributed by atoms with van der Waals surface area (Å²) in [5.41, 5.74) is 0.718. The average Bonchev–Trinajstić information content (AvgIpc) is 2.90. The molecule has 116 valence electrons. The van der Waals surface area contributed by atoms with E-state index >= 15 is 0 Å². The number of carbonyl (C=O) groups is 2. The number of para-hydroxylation sites is 1. The van der Waals surface area contributed by atoms with Crippen LogP contribution in [0.3, 0.4) is 0 Å². The fourth-order valence-corrected chi connectivity index (χ4v) is 2.33. The van der Waals surface area contributed by atoms with Gasteiger partial charge in [0.15, 0.2) is 23.2 Å². The van der Waals surface area contributed by atoms with E-state index in [0.29, 0.717) is 5.13 Å². The largest absolute Gasteiger partial charge is 0.504 e. The topological polar surface area (TPSA) is 97.8 Å². The highest BCUT2D eigenvalue weighted by Crippen LogP contribution is 2.29. The maximum absolute atomic E-state index is 11.9. The number of esters is 1. The molecule has 0 saturated heterocycles. The minimum absolute atomic E-state index is 0.0720. The summed E-state index contributed by atoms with van der Waals surface area (Å²) >= 11 is 1.28. The molecule has 0 spiro atoms. The van der Waals surface area contributed by atoms with E-state index < -0.39 is 18.5 Å². The molecule has 2 rings (SSSR count). The lowest BCUT2D eigenvalue weighted by Crippen LogP contribution is -2.21. The van der Waals surface area contributed by atoms with Crippen LogP contribution in [0.4, 0.5) is 5.13 Å². The second-order valence-electron chi connectivity index (χ2n) is 4.27. The first kappa shape index (κ1) is 15.8. The van der Waals surface area contributed by atoms with Gasteiger partial charge in [-0.1, -0.05) is 6.07 Å². The third-order valence-corrected chi connectivity index (χ3v) is 3.51. The minimum atomic E-state index is -0.818. The summed E-state index contributed by atoms with van der Waals surface area (Å²) in [5.74, 6) is -1.50. The molecule has 0 atom stereocenters. The van der Waals surface area contributed by atoms with E-state index in [2.05, 4.69) is 10.3 Å². The van der Waals surface area contributed by atoms with E-state index in [1.165, 1.54) is 36.6 Å². The fraction of sp³-hybridized carbons (Fsp3) is 0.214. The number of aromatic nitrogens is 1. The van der Waals surface area contributed by atoms with Crippen LogP contribution in [0.15, 0.2) is 23.6 Å². The molecule has 1 heterocycles. The number of hydrogen-bond acceptors (Lipinski definition) is 7. The van der Waals surface area contributed by atoms with Gasteiger partial charge in [0.2, 0.25) is 0 Å². The number of nitrogens with one attached hydrogen (secondary N) is 1. The number of anilines is 1. The van der Waals surface area contributed by atoms with Gasteiger partial charge in [0, 0.05) is 5.38 Å². The Morgan fingerprint density at radius 3 is 2.82 bits per heavy atom. The molecule has 0 unspecified atom stereocenters. The Morgan fingerprint density at radius 1 is 1.41 bits per heavy atom. The van der Waals surface area contributed by atoms with Crippen molar-refractivity contribution in [2.45, 2.75) is 6.92 Å². The maximum atomic E-state index is 11.9. The Morgan fingerprint density at radius 2 is 2.18 bits per heavy atom. The molecule has 2 aromatic rings. The van der Waals surface area contributed by atoms with E-state index in [0.717, 1.165) is 5.69 Å². The number of phenols is 1. The van der Waals surface area contributed by atoms with Gasteiger partial charge >= 0.3 is 5.97 Å². The van der Waals surface area contributed by atoms with E-state index in [1.807, 2.05) is 0 Å². The summed E-state index contributed by atoms with van der Waals surface area (Å²) in [7, 11) is 1.37. The molecule has 0 aliphatic heterocycles. The van der Waals surface area contributed by atoms with Crippen LogP contribution in [0, 0.1) is 6.92 Å². The highest BCUT2D eigenvalue weighted by atomic mass is 32.1. The molecular weight excluding hydrogens is 308 g/mol. The predicted molar refractivity (Wildman–Crippen MR) is 80.4 cm³/mol. The standard InChI is InChI=1S/C14H14N2O5S/c1-8-7-22-14(15-8)16-11(17)6-21-13(19)9-4-3-5-10(20-2)12(9)18/h3-5,7,18H,6H2,1-2H3,(H,15,16,17). The molecular formula is C14H14N2O5S. The average molecular weight is 322 g/mol. The zero-order chi connectivity index (χ0) is 16.1. The number of thiazole rings is 1. The minimum Gasteiger partial charge on any atom is -0.504 e. The summed E-state index contributed by atoms with van der Waals surface area (Å²) in [5, 5.41) is 14.6. The first-order valence-corrected chi connectivity index (χ1v) is 7.14. The van der Waals surface area contributed by atoms with Crippen LogP contribution in [0.1, 0.15) is 16.1 Å². The second-order valence-corrected chi connectivity index (χ2v) is 5.13. The summed E-state index contributed by atoms with van der Waals surface area (Å²) in [6.07, 6.45) is 0. The monoisotopic (exact) mass is 322 g/mol. The van der Waals surface area contributed by atoms with Gasteiger partial charge in [0.25, 0.3) is 5.91 Å². The van der Waals surface area contributed by atoms with Crippen molar-refractivity contribution in [1.82, 2.24) is 4.98 Å². The highest BCUT2D eigenvalue weighted by molar-refractivity contribution is 7.13. The molecule has 1 aromatic carbocycles. The van der Waals surface area contributed by atoms with Crippen LogP contribution >= 0.6 is 11.3 Å². The Kier molecular flexibility index (Phi) is 4.95. The first-order valence-electron chi connectivity index (χ1n) is 6.26. The smallest absolute Gasteiger partial charge is 0.342 e. The van der Waals surface area contributed by atoms with Gasteiger partial charge < -0.3 is 14.6 Å². The number of aromatic hydroxyl groups is 1. The zero-order valence-electron chi connectivity index (χ0n) is 12.0. The van der Waals surface area contributed by atoms with Gasteiger partial charge in [-0.05, 0) is 19.1 Å². The maximum Gasteiger partial charge on any atom is 0.342 e. The highest BCUT2D eigenvalue weighted by Gasteiger charge is 2.17. The number of carbonyl (C=O) groups excluding carboxylic acids is 2. The van der Waals surface area contributed by atoms with E-state index in [1.54, 1.807) is 12.3 Å². The number of phenolic OH excluding ortho intramolecular Hbond substituents is 1. The molecule has 0 aliphatic carbocycles. The van der Waals surface area contributed by atoms with Crippen LogP contribution in [0.2, 0.25) is 0 Å². The van der Waals surface area contributed by atoms with Gasteiger partial charge in [-0.3, -0.25) is 10.1 Å². The van der Waals surface area contributed by atoms with E-state index in [9.17, 15) is 14.7 Å². The third kappa shape index (κ3) is 3.73. The van der Waals surface area contributed by atoms with Crippen molar-refractivity contribution >= 4 is 28.3 Å². The molecule has 0 bridgehead atoms. The fourth-order valence-electron chi connectivity index (χ4n) is 1.63. The van der Waals surface area contributed by atoms with Crippen molar-refractivity contribution in [3.8, 4) is 11.5 Å². The van der Waals surface area contributed by atoms with Crippen LogP contribution < -0.4 is 10.1 Å². The van der Waals surface area contributed by atoms with Crippen molar-refractivity contribution in [3.05, 3.63) is 34.8 Å². The molecule has 0 fully saturated rings. The first-order chi connectivity index (χ1) is 10.5. The van der Waals surface area contributed by atoms with Gasteiger partial charge in [0.1, 0.15) is 5.56 Å². The van der Waals surface area contributed by atoms with Crippen molar-refractivity contribution in [2.24, 2.45) is 0 Å². The predicted octanol–water partition coefficient (Wildman–Crippen LogP) is 1.96. The lowest BCUT2D eigenvalue weighted by molar-refractivity contribution is -0.119. The summed E-state index contributed by atoms with van der Waals surface area (Å²) < 4.78 is 9.76. The van der Waals surface area contributed by atoms with Crippen LogP contribution in [-0.2, 0) is 9.53 Å². The van der Waals surface area contributed by atoms with Crippen molar-refractivity contribution in [2.75, 3.05) is 19.0 Å².